The number of carbonyl (C=O) groups excluding carboxylic acids is 1. The van der Waals surface area contributed by atoms with Gasteiger partial charge in [-0.1, -0.05) is 6.92 Å². The smallest absolute Gasteiger partial charge is 0.256 e. The van der Waals surface area contributed by atoms with Gasteiger partial charge in [0.25, 0.3) is 5.91 Å². The van der Waals surface area contributed by atoms with Gasteiger partial charge in [-0.15, -0.1) is 0 Å². The van der Waals surface area contributed by atoms with Crippen LogP contribution >= 0.6 is 0 Å². The molecule has 4 aliphatic rings. The van der Waals surface area contributed by atoms with E-state index < -0.39 is 0 Å². The Morgan fingerprint density at radius 1 is 1.29 bits per heavy atom. The Labute approximate surface area is 166 Å². The van der Waals surface area contributed by atoms with Gasteiger partial charge in [0.05, 0.1) is 37.1 Å². The molecule has 3 fully saturated rings. The lowest BCUT2D eigenvalue weighted by molar-refractivity contribution is 0.00311. The van der Waals surface area contributed by atoms with Crippen molar-refractivity contribution in [1.82, 2.24) is 9.88 Å². The fourth-order valence-corrected chi connectivity index (χ4v) is 4.97. The second kappa shape index (κ2) is 6.42. The van der Waals surface area contributed by atoms with Crippen LogP contribution in [0.15, 0.2) is 0 Å². The molecule has 28 heavy (non-hydrogen) atoms. The molecule has 0 aromatic carbocycles. The summed E-state index contributed by atoms with van der Waals surface area (Å²) in [5.41, 5.74) is 4.23. The van der Waals surface area contributed by atoms with E-state index in [1.165, 1.54) is 19.3 Å². The number of pyridine rings is 1. The van der Waals surface area contributed by atoms with Crippen molar-refractivity contribution in [1.29, 1.82) is 0 Å². The van der Waals surface area contributed by atoms with Crippen molar-refractivity contribution >= 4 is 11.7 Å². The number of hydrogen-bond donors (Lipinski definition) is 1. The minimum absolute atomic E-state index is 0.00803. The van der Waals surface area contributed by atoms with E-state index in [-0.39, 0.29) is 12.5 Å². The molecule has 1 aromatic rings. The highest BCUT2D eigenvalue weighted by molar-refractivity contribution is 6.00. The zero-order valence-electron chi connectivity index (χ0n) is 17.2. The molecule has 2 aliphatic carbocycles. The Morgan fingerprint density at radius 2 is 2.07 bits per heavy atom. The van der Waals surface area contributed by atoms with Crippen molar-refractivity contribution in [2.24, 2.45) is 11.3 Å². The number of aromatic nitrogens is 1. The number of rotatable bonds is 6. The SMILES string of the molecule is Cc1c(N2CCC(OCC3(C)CC3)C3CC32)nc2c(c1C)C(=O)N(CCO)C2. The monoisotopic (exact) mass is 385 g/mol. The van der Waals surface area contributed by atoms with Crippen molar-refractivity contribution in [3.05, 3.63) is 22.4 Å². The zero-order valence-corrected chi connectivity index (χ0v) is 17.2. The molecule has 3 unspecified atom stereocenters. The summed E-state index contributed by atoms with van der Waals surface area (Å²) in [6, 6.07) is 0.528. The number of fused-ring (bicyclic) bond motifs is 2. The predicted octanol–water partition coefficient (Wildman–Crippen LogP) is 2.43. The van der Waals surface area contributed by atoms with Gasteiger partial charge in [0, 0.05) is 25.0 Å². The molecule has 0 bridgehead atoms. The number of nitrogens with zero attached hydrogens (tertiary/aromatic N) is 3. The van der Waals surface area contributed by atoms with E-state index in [0.29, 0.717) is 36.6 Å². The third-order valence-electron chi connectivity index (χ3n) is 7.37. The van der Waals surface area contributed by atoms with Crippen molar-refractivity contribution in [2.45, 2.75) is 65.1 Å². The van der Waals surface area contributed by atoms with Crippen LogP contribution < -0.4 is 4.90 Å². The summed E-state index contributed by atoms with van der Waals surface area (Å²) in [6.07, 6.45) is 5.27. The van der Waals surface area contributed by atoms with Gasteiger partial charge >= 0.3 is 0 Å². The largest absolute Gasteiger partial charge is 0.395 e. The Bertz CT molecular complexity index is 820. The minimum Gasteiger partial charge on any atom is -0.395 e. The molecule has 2 aliphatic heterocycles. The maximum absolute atomic E-state index is 12.7. The van der Waals surface area contributed by atoms with Gasteiger partial charge in [0.2, 0.25) is 0 Å². The highest BCUT2D eigenvalue weighted by Gasteiger charge is 2.52. The number of β-amino-alcohol motifs (C(OH)–C–C–N with tert-alkyl or cyclic N) is 1. The van der Waals surface area contributed by atoms with Crippen LogP contribution in [0.5, 0.6) is 0 Å². The van der Waals surface area contributed by atoms with Crippen LogP contribution in [-0.2, 0) is 11.3 Å². The Kier molecular flexibility index (Phi) is 4.22. The van der Waals surface area contributed by atoms with Crippen molar-refractivity contribution in [3.8, 4) is 0 Å². The Balaban J connectivity index is 1.34. The molecule has 3 heterocycles. The summed E-state index contributed by atoms with van der Waals surface area (Å²) in [7, 11) is 0. The second-order valence-corrected chi connectivity index (χ2v) is 9.57. The van der Waals surface area contributed by atoms with Gasteiger partial charge in [0.1, 0.15) is 5.82 Å². The van der Waals surface area contributed by atoms with Gasteiger partial charge in [-0.25, -0.2) is 4.98 Å². The summed E-state index contributed by atoms with van der Waals surface area (Å²) in [5.74, 6) is 1.68. The summed E-state index contributed by atoms with van der Waals surface area (Å²) in [5, 5.41) is 9.23. The number of aliphatic hydroxyl groups excluding tert-OH is 1. The number of anilines is 1. The molecule has 5 rings (SSSR count). The van der Waals surface area contributed by atoms with Crippen LogP contribution in [0.3, 0.4) is 0 Å². The molecule has 6 heteroatoms. The molecule has 152 valence electrons. The number of piperidine rings is 1. The summed E-state index contributed by atoms with van der Waals surface area (Å²) < 4.78 is 6.31. The maximum Gasteiger partial charge on any atom is 0.256 e. The normalized spacial score (nSPS) is 29.7. The van der Waals surface area contributed by atoms with Crippen LogP contribution in [0, 0.1) is 25.2 Å². The number of carbonyl (C=O) groups is 1. The van der Waals surface area contributed by atoms with Crippen molar-refractivity contribution < 1.29 is 14.6 Å². The lowest BCUT2D eigenvalue weighted by atomic mass is 10.0. The lowest BCUT2D eigenvalue weighted by Gasteiger charge is -2.34. The fourth-order valence-electron chi connectivity index (χ4n) is 4.97. The molecular formula is C22H31N3O3. The predicted molar refractivity (Wildman–Crippen MR) is 106 cm³/mol. The number of ether oxygens (including phenoxy) is 1. The summed E-state index contributed by atoms with van der Waals surface area (Å²) >= 11 is 0. The average Bonchev–Trinajstić information content (AvgIpc) is 3.58. The molecule has 2 saturated carbocycles. The van der Waals surface area contributed by atoms with Crippen LogP contribution in [0.4, 0.5) is 5.82 Å². The number of hydrogen-bond acceptors (Lipinski definition) is 5. The first-order chi connectivity index (χ1) is 13.4. The van der Waals surface area contributed by atoms with Crippen LogP contribution in [0.1, 0.15) is 59.8 Å². The van der Waals surface area contributed by atoms with E-state index in [4.69, 9.17) is 9.72 Å². The van der Waals surface area contributed by atoms with Crippen molar-refractivity contribution in [2.75, 3.05) is 31.2 Å². The van der Waals surface area contributed by atoms with Crippen LogP contribution in [-0.4, -0.2) is 59.3 Å². The summed E-state index contributed by atoms with van der Waals surface area (Å²) in [4.78, 5) is 21.8. The molecule has 3 atom stereocenters. The number of amides is 1. The standard InChI is InChI=1S/C22H31N3O3/c1-13-14(2)20(23-16-11-24(8-9-26)21(27)19(13)16)25-7-4-18(15-10-17(15)25)28-12-22(3)5-6-22/h15,17-18,26H,4-12H2,1-3H3. The molecule has 1 N–H and O–H groups in total. The first-order valence-corrected chi connectivity index (χ1v) is 10.7. The first-order valence-electron chi connectivity index (χ1n) is 10.7. The molecule has 1 saturated heterocycles. The lowest BCUT2D eigenvalue weighted by Crippen LogP contribution is -2.40. The molecule has 1 aromatic heterocycles. The third kappa shape index (κ3) is 2.92. The van der Waals surface area contributed by atoms with Gasteiger partial charge in [-0.2, -0.15) is 0 Å². The molecule has 0 radical (unpaired) electrons. The van der Waals surface area contributed by atoms with E-state index in [2.05, 4.69) is 18.7 Å². The van der Waals surface area contributed by atoms with Gasteiger partial charge in [0.15, 0.2) is 0 Å². The third-order valence-corrected chi connectivity index (χ3v) is 7.37. The highest BCUT2D eigenvalue weighted by atomic mass is 16.5. The first kappa shape index (κ1) is 18.4. The molecular weight excluding hydrogens is 354 g/mol. The van der Waals surface area contributed by atoms with E-state index >= 15 is 0 Å². The van der Waals surface area contributed by atoms with E-state index in [9.17, 15) is 9.90 Å². The van der Waals surface area contributed by atoms with Gasteiger partial charge < -0.3 is 19.6 Å². The summed E-state index contributed by atoms with van der Waals surface area (Å²) in [6.45, 7) is 9.21. The average molecular weight is 386 g/mol. The van der Waals surface area contributed by atoms with Crippen molar-refractivity contribution in [3.63, 3.8) is 0 Å². The number of aliphatic hydroxyl groups is 1. The molecule has 1 amide bonds. The zero-order chi connectivity index (χ0) is 19.6. The van der Waals surface area contributed by atoms with Gasteiger partial charge in [-0.3, -0.25) is 4.79 Å². The molecule has 6 nitrogen and oxygen atoms in total. The minimum atomic E-state index is -0.0130. The quantitative estimate of drug-likeness (QED) is 0.815. The second-order valence-electron chi connectivity index (χ2n) is 9.57. The van der Waals surface area contributed by atoms with Crippen LogP contribution in [0.25, 0.3) is 0 Å². The van der Waals surface area contributed by atoms with E-state index in [0.717, 1.165) is 47.8 Å². The van der Waals surface area contributed by atoms with E-state index in [1.54, 1.807) is 4.90 Å². The highest BCUT2D eigenvalue weighted by Crippen LogP contribution is 2.50. The Morgan fingerprint density at radius 3 is 2.79 bits per heavy atom. The topological polar surface area (TPSA) is 65.9 Å². The maximum atomic E-state index is 12.7. The van der Waals surface area contributed by atoms with Crippen LogP contribution in [0.2, 0.25) is 0 Å². The van der Waals surface area contributed by atoms with E-state index in [1.807, 2.05) is 6.92 Å². The Hall–Kier alpha value is -1.66. The fraction of sp³-hybridized carbons (Fsp3) is 0.727. The molecule has 0 spiro atoms. The van der Waals surface area contributed by atoms with Gasteiger partial charge in [-0.05, 0) is 56.1 Å².